The minimum Gasteiger partial charge on any atom is -0.383 e. The number of nitrogen functional groups attached to an aromatic ring is 1. The Balaban J connectivity index is 1.64. The van der Waals surface area contributed by atoms with E-state index in [1.165, 1.54) is 23.0 Å². The zero-order valence-electron chi connectivity index (χ0n) is 13.1. The van der Waals surface area contributed by atoms with E-state index in [1.807, 2.05) is 24.3 Å². The molecule has 122 valence electrons. The van der Waals surface area contributed by atoms with Crippen LogP contribution in [0.1, 0.15) is 31.2 Å². The van der Waals surface area contributed by atoms with Gasteiger partial charge < -0.3 is 16.8 Å². The van der Waals surface area contributed by atoms with Crippen LogP contribution in [0.25, 0.3) is 5.69 Å². The smallest absolute Gasteiger partial charge is 0.354 e. The van der Waals surface area contributed by atoms with Crippen LogP contribution in [0.2, 0.25) is 0 Å². The molecular weight excluding hydrogens is 290 g/mol. The lowest BCUT2D eigenvalue weighted by Crippen LogP contribution is -2.39. The SMILES string of the molecule is Nc1ccn(-c2ccc(CN[C@H]3CCC[C@@H](N)C3)cc2)c(=O)n1. The Kier molecular flexibility index (Phi) is 4.73. The van der Waals surface area contributed by atoms with Crippen LogP contribution in [0.3, 0.4) is 0 Å². The first-order chi connectivity index (χ1) is 11.1. The molecule has 0 aliphatic heterocycles. The summed E-state index contributed by atoms with van der Waals surface area (Å²) < 4.78 is 1.48. The zero-order chi connectivity index (χ0) is 16.2. The second-order valence-corrected chi connectivity index (χ2v) is 6.18. The first kappa shape index (κ1) is 15.7. The molecule has 1 heterocycles. The number of benzene rings is 1. The van der Waals surface area contributed by atoms with Crippen molar-refractivity contribution < 1.29 is 0 Å². The summed E-state index contributed by atoms with van der Waals surface area (Å²) in [6.45, 7) is 0.812. The maximum absolute atomic E-state index is 11.8. The molecule has 2 atom stereocenters. The third-order valence-corrected chi connectivity index (χ3v) is 4.35. The van der Waals surface area contributed by atoms with Gasteiger partial charge in [-0.3, -0.25) is 4.57 Å². The van der Waals surface area contributed by atoms with Crippen molar-refractivity contribution in [2.24, 2.45) is 5.73 Å². The van der Waals surface area contributed by atoms with Crippen molar-refractivity contribution in [3.05, 3.63) is 52.6 Å². The van der Waals surface area contributed by atoms with Gasteiger partial charge in [0.25, 0.3) is 0 Å². The zero-order valence-corrected chi connectivity index (χ0v) is 13.1. The van der Waals surface area contributed by atoms with Gasteiger partial charge in [0.15, 0.2) is 0 Å². The average Bonchev–Trinajstić information content (AvgIpc) is 2.54. The van der Waals surface area contributed by atoms with Crippen molar-refractivity contribution in [3.63, 3.8) is 0 Å². The number of aromatic nitrogens is 2. The first-order valence-corrected chi connectivity index (χ1v) is 8.05. The van der Waals surface area contributed by atoms with Crippen LogP contribution in [-0.2, 0) is 6.54 Å². The van der Waals surface area contributed by atoms with Gasteiger partial charge in [-0.05, 0) is 43.0 Å². The highest BCUT2D eigenvalue weighted by molar-refractivity contribution is 5.36. The third-order valence-electron chi connectivity index (χ3n) is 4.35. The van der Waals surface area contributed by atoms with E-state index >= 15 is 0 Å². The van der Waals surface area contributed by atoms with Crippen LogP contribution < -0.4 is 22.5 Å². The second-order valence-electron chi connectivity index (χ2n) is 6.18. The molecule has 0 spiro atoms. The van der Waals surface area contributed by atoms with E-state index in [4.69, 9.17) is 11.5 Å². The second kappa shape index (κ2) is 6.93. The summed E-state index contributed by atoms with van der Waals surface area (Å²) in [4.78, 5) is 15.6. The molecule has 1 aromatic heterocycles. The van der Waals surface area contributed by atoms with E-state index in [9.17, 15) is 4.79 Å². The first-order valence-electron chi connectivity index (χ1n) is 8.05. The highest BCUT2D eigenvalue weighted by Crippen LogP contribution is 2.17. The Morgan fingerprint density at radius 2 is 2.00 bits per heavy atom. The van der Waals surface area contributed by atoms with Crippen LogP contribution in [-0.4, -0.2) is 21.6 Å². The van der Waals surface area contributed by atoms with Crippen molar-refractivity contribution >= 4 is 5.82 Å². The standard InChI is InChI=1S/C17H23N5O/c18-13-2-1-3-14(10-13)20-11-12-4-6-15(7-5-12)22-9-8-16(19)21-17(22)23/h4-9,13-14,20H,1-3,10-11,18H2,(H2,19,21,23)/t13-,14+/m1/s1. The molecule has 0 unspecified atom stereocenters. The monoisotopic (exact) mass is 313 g/mol. The Hall–Kier alpha value is -2.18. The fraction of sp³-hybridized carbons (Fsp3) is 0.412. The predicted octanol–water partition coefficient (Wildman–Crippen LogP) is 1.17. The fourth-order valence-electron chi connectivity index (χ4n) is 3.06. The lowest BCUT2D eigenvalue weighted by atomic mass is 9.91. The van der Waals surface area contributed by atoms with Crippen LogP contribution in [0.15, 0.2) is 41.3 Å². The van der Waals surface area contributed by atoms with Gasteiger partial charge >= 0.3 is 5.69 Å². The third kappa shape index (κ3) is 3.97. The van der Waals surface area contributed by atoms with E-state index in [0.717, 1.165) is 25.1 Å². The summed E-state index contributed by atoms with van der Waals surface area (Å²) in [5.41, 5.74) is 13.1. The van der Waals surface area contributed by atoms with Crippen LogP contribution in [0.5, 0.6) is 0 Å². The topological polar surface area (TPSA) is 99.0 Å². The number of rotatable bonds is 4. The minimum absolute atomic E-state index is 0.234. The summed E-state index contributed by atoms with van der Waals surface area (Å²) in [5, 5.41) is 3.57. The molecule has 3 rings (SSSR count). The van der Waals surface area contributed by atoms with Crippen molar-refractivity contribution in [2.75, 3.05) is 5.73 Å². The number of hydrogen-bond donors (Lipinski definition) is 3. The maximum Gasteiger partial charge on any atom is 0.354 e. The minimum atomic E-state index is -0.368. The van der Waals surface area contributed by atoms with Crippen LogP contribution in [0.4, 0.5) is 5.82 Å². The quantitative estimate of drug-likeness (QED) is 0.787. The Morgan fingerprint density at radius 1 is 1.22 bits per heavy atom. The molecule has 1 fully saturated rings. The average molecular weight is 313 g/mol. The van der Waals surface area contributed by atoms with Gasteiger partial charge in [-0.1, -0.05) is 18.6 Å². The predicted molar refractivity (Wildman–Crippen MR) is 91.3 cm³/mol. The normalized spacial score (nSPS) is 21.3. The summed E-state index contributed by atoms with van der Waals surface area (Å²) >= 11 is 0. The molecule has 6 heteroatoms. The molecule has 6 nitrogen and oxygen atoms in total. The largest absolute Gasteiger partial charge is 0.383 e. The molecule has 2 aromatic rings. The lowest BCUT2D eigenvalue weighted by Gasteiger charge is -2.27. The van der Waals surface area contributed by atoms with Gasteiger partial charge in [0, 0.05) is 24.8 Å². The van der Waals surface area contributed by atoms with Gasteiger partial charge in [-0.15, -0.1) is 0 Å². The molecule has 0 radical (unpaired) electrons. The fourth-order valence-corrected chi connectivity index (χ4v) is 3.06. The summed E-state index contributed by atoms with van der Waals surface area (Å²) in [6.07, 6.45) is 6.21. The molecule has 1 aliphatic rings. The number of hydrogen-bond acceptors (Lipinski definition) is 5. The maximum atomic E-state index is 11.8. The summed E-state index contributed by atoms with van der Waals surface area (Å²) in [5.74, 6) is 0.234. The Labute approximate surface area is 135 Å². The molecule has 23 heavy (non-hydrogen) atoms. The van der Waals surface area contributed by atoms with Gasteiger partial charge in [0.05, 0.1) is 5.69 Å². The Morgan fingerprint density at radius 3 is 2.70 bits per heavy atom. The van der Waals surface area contributed by atoms with Gasteiger partial charge in [-0.2, -0.15) is 4.98 Å². The number of anilines is 1. The van der Waals surface area contributed by atoms with Crippen molar-refractivity contribution in [1.82, 2.24) is 14.9 Å². The molecule has 1 aromatic carbocycles. The van der Waals surface area contributed by atoms with Gasteiger partial charge in [0.1, 0.15) is 5.82 Å². The van der Waals surface area contributed by atoms with Crippen LogP contribution >= 0.6 is 0 Å². The molecule has 1 saturated carbocycles. The molecule has 0 saturated heterocycles. The highest BCUT2D eigenvalue weighted by Gasteiger charge is 2.18. The van der Waals surface area contributed by atoms with E-state index in [-0.39, 0.29) is 11.5 Å². The molecule has 0 bridgehead atoms. The lowest BCUT2D eigenvalue weighted by molar-refractivity contribution is 0.338. The van der Waals surface area contributed by atoms with Crippen molar-refractivity contribution in [1.29, 1.82) is 0 Å². The van der Waals surface area contributed by atoms with E-state index < -0.39 is 0 Å². The van der Waals surface area contributed by atoms with Gasteiger partial charge in [0.2, 0.25) is 0 Å². The van der Waals surface area contributed by atoms with E-state index in [0.29, 0.717) is 12.1 Å². The number of nitrogens with one attached hydrogen (secondary N) is 1. The highest BCUT2D eigenvalue weighted by atomic mass is 16.1. The summed E-state index contributed by atoms with van der Waals surface area (Å²) in [6, 6.07) is 10.3. The van der Waals surface area contributed by atoms with E-state index in [1.54, 1.807) is 12.3 Å². The van der Waals surface area contributed by atoms with Gasteiger partial charge in [-0.25, -0.2) is 4.79 Å². The van der Waals surface area contributed by atoms with E-state index in [2.05, 4.69) is 10.3 Å². The molecule has 1 aliphatic carbocycles. The number of nitrogens with two attached hydrogens (primary N) is 2. The molecular formula is C17H23N5O. The molecule has 5 N–H and O–H groups in total. The van der Waals surface area contributed by atoms with Crippen molar-refractivity contribution in [3.8, 4) is 5.69 Å². The van der Waals surface area contributed by atoms with Crippen molar-refractivity contribution in [2.45, 2.75) is 44.3 Å². The Bertz CT molecular complexity index is 710. The molecule has 0 amide bonds. The number of nitrogens with zero attached hydrogens (tertiary/aromatic N) is 2. The summed E-state index contributed by atoms with van der Waals surface area (Å²) in [7, 11) is 0. The van der Waals surface area contributed by atoms with Crippen LogP contribution in [0, 0.1) is 0 Å².